The van der Waals surface area contributed by atoms with Gasteiger partial charge in [-0.15, -0.1) is 12.4 Å². The number of amides is 1. The van der Waals surface area contributed by atoms with Gasteiger partial charge in [0.2, 0.25) is 5.91 Å². The van der Waals surface area contributed by atoms with Crippen molar-refractivity contribution < 1.29 is 13.9 Å². The van der Waals surface area contributed by atoms with E-state index in [1.165, 1.54) is 6.07 Å². The van der Waals surface area contributed by atoms with Gasteiger partial charge in [-0.2, -0.15) is 0 Å². The van der Waals surface area contributed by atoms with Crippen molar-refractivity contribution in [2.24, 2.45) is 0 Å². The van der Waals surface area contributed by atoms with Crippen LogP contribution >= 0.6 is 12.4 Å². The van der Waals surface area contributed by atoms with Gasteiger partial charge in [0.15, 0.2) is 0 Å². The molecule has 1 aliphatic heterocycles. The molecule has 1 saturated heterocycles. The first-order valence-electron chi connectivity index (χ1n) is 7.08. The van der Waals surface area contributed by atoms with Crippen molar-refractivity contribution in [1.82, 2.24) is 10.6 Å². The second-order valence-corrected chi connectivity index (χ2v) is 5.50. The van der Waals surface area contributed by atoms with Gasteiger partial charge in [0, 0.05) is 31.0 Å². The highest BCUT2D eigenvalue weighted by Crippen LogP contribution is 2.40. The molecule has 1 heterocycles. The number of rotatable bonds is 4. The fourth-order valence-electron chi connectivity index (χ4n) is 2.70. The molecule has 0 bridgehead atoms. The minimum absolute atomic E-state index is 0. The average molecular weight is 315 g/mol. The van der Waals surface area contributed by atoms with Crippen molar-refractivity contribution in [3.63, 3.8) is 0 Å². The minimum Gasteiger partial charge on any atom is -0.378 e. The molecule has 2 fully saturated rings. The summed E-state index contributed by atoms with van der Waals surface area (Å²) in [6, 6.07) is 6.87. The first-order valence-corrected chi connectivity index (χ1v) is 7.08. The number of hydrogen-bond acceptors (Lipinski definition) is 3. The van der Waals surface area contributed by atoms with Crippen LogP contribution in [-0.4, -0.2) is 37.7 Å². The number of morpholine rings is 1. The highest BCUT2D eigenvalue weighted by molar-refractivity contribution is 5.85. The van der Waals surface area contributed by atoms with Crippen molar-refractivity contribution in [2.75, 3.05) is 19.8 Å². The van der Waals surface area contributed by atoms with Gasteiger partial charge in [-0.05, 0) is 24.1 Å². The Hall–Kier alpha value is -1.17. The Labute approximate surface area is 129 Å². The van der Waals surface area contributed by atoms with Crippen LogP contribution in [0.4, 0.5) is 4.39 Å². The maximum atomic E-state index is 13.1. The Morgan fingerprint density at radius 2 is 2.33 bits per heavy atom. The highest BCUT2D eigenvalue weighted by atomic mass is 35.5. The average Bonchev–Trinajstić information content (AvgIpc) is 3.19. The topological polar surface area (TPSA) is 50.4 Å². The standard InChI is InChI=1S/C15H19FN2O2.ClH/c16-11-3-1-2-10(6-11)13-8-14(13)18-15(19)7-12-9-20-5-4-17-12;/h1-3,6,12-14,17H,4-5,7-9H2,(H,18,19);1H. The number of hydrogen-bond donors (Lipinski definition) is 2. The fourth-order valence-corrected chi connectivity index (χ4v) is 2.70. The van der Waals surface area contributed by atoms with E-state index in [-0.39, 0.29) is 42.1 Å². The summed E-state index contributed by atoms with van der Waals surface area (Å²) < 4.78 is 18.5. The number of carbonyl (C=O) groups is 1. The third-order valence-corrected chi connectivity index (χ3v) is 3.84. The molecule has 2 aliphatic rings. The largest absolute Gasteiger partial charge is 0.378 e. The van der Waals surface area contributed by atoms with E-state index in [0.717, 1.165) is 18.5 Å². The van der Waals surface area contributed by atoms with Crippen LogP contribution in [0.2, 0.25) is 0 Å². The second-order valence-electron chi connectivity index (χ2n) is 5.50. The summed E-state index contributed by atoms with van der Waals surface area (Å²) in [5.41, 5.74) is 0.967. The monoisotopic (exact) mass is 314 g/mol. The van der Waals surface area contributed by atoms with E-state index < -0.39 is 0 Å². The molecule has 0 aromatic heterocycles. The maximum Gasteiger partial charge on any atom is 0.221 e. The van der Waals surface area contributed by atoms with E-state index in [9.17, 15) is 9.18 Å². The number of carbonyl (C=O) groups excluding carboxylic acids is 1. The van der Waals surface area contributed by atoms with Gasteiger partial charge in [0.25, 0.3) is 0 Å². The van der Waals surface area contributed by atoms with Crippen LogP contribution in [0.3, 0.4) is 0 Å². The summed E-state index contributed by atoms with van der Waals surface area (Å²) in [5, 5.41) is 6.27. The van der Waals surface area contributed by atoms with E-state index in [1.54, 1.807) is 12.1 Å². The molecule has 4 nitrogen and oxygen atoms in total. The Morgan fingerprint density at radius 3 is 3.05 bits per heavy atom. The number of nitrogens with one attached hydrogen (secondary N) is 2. The van der Waals surface area contributed by atoms with Crippen LogP contribution < -0.4 is 10.6 Å². The minimum atomic E-state index is -0.219. The van der Waals surface area contributed by atoms with Gasteiger partial charge in [-0.1, -0.05) is 12.1 Å². The van der Waals surface area contributed by atoms with Gasteiger partial charge in [-0.3, -0.25) is 4.79 Å². The van der Waals surface area contributed by atoms with Crippen LogP contribution in [0, 0.1) is 5.82 Å². The molecule has 3 atom stereocenters. The zero-order valence-electron chi connectivity index (χ0n) is 11.7. The van der Waals surface area contributed by atoms with E-state index >= 15 is 0 Å². The van der Waals surface area contributed by atoms with Gasteiger partial charge < -0.3 is 15.4 Å². The summed E-state index contributed by atoms with van der Waals surface area (Å²) >= 11 is 0. The number of benzene rings is 1. The third kappa shape index (κ3) is 4.40. The molecule has 3 rings (SSSR count). The summed E-state index contributed by atoms with van der Waals surface area (Å²) in [6.07, 6.45) is 1.33. The Morgan fingerprint density at radius 1 is 1.48 bits per heavy atom. The Bertz CT molecular complexity index is 494. The number of ether oxygens (including phenoxy) is 1. The molecule has 21 heavy (non-hydrogen) atoms. The molecule has 0 spiro atoms. The third-order valence-electron chi connectivity index (χ3n) is 3.84. The van der Waals surface area contributed by atoms with Crippen molar-refractivity contribution in [2.45, 2.75) is 30.8 Å². The maximum absolute atomic E-state index is 13.1. The smallest absolute Gasteiger partial charge is 0.221 e. The molecule has 2 N–H and O–H groups in total. The van der Waals surface area contributed by atoms with E-state index in [4.69, 9.17) is 4.74 Å². The predicted molar refractivity (Wildman–Crippen MR) is 80.2 cm³/mol. The lowest BCUT2D eigenvalue weighted by Gasteiger charge is -2.23. The van der Waals surface area contributed by atoms with Crippen molar-refractivity contribution in [1.29, 1.82) is 0 Å². The van der Waals surface area contributed by atoms with Gasteiger partial charge in [0.1, 0.15) is 5.82 Å². The van der Waals surface area contributed by atoms with E-state index in [2.05, 4.69) is 10.6 Å². The SMILES string of the molecule is Cl.O=C(CC1COCCN1)NC1CC1c1cccc(F)c1. The van der Waals surface area contributed by atoms with Crippen LogP contribution in [0.5, 0.6) is 0 Å². The van der Waals surface area contributed by atoms with Crippen LogP contribution in [0.1, 0.15) is 24.3 Å². The van der Waals surface area contributed by atoms with Crippen molar-refractivity contribution in [3.05, 3.63) is 35.6 Å². The predicted octanol–water partition coefficient (Wildman–Crippen LogP) is 1.60. The van der Waals surface area contributed by atoms with Gasteiger partial charge >= 0.3 is 0 Å². The van der Waals surface area contributed by atoms with E-state index in [1.807, 2.05) is 6.07 Å². The number of halogens is 2. The first-order chi connectivity index (χ1) is 9.72. The van der Waals surface area contributed by atoms with Crippen LogP contribution in [-0.2, 0) is 9.53 Å². The lowest BCUT2D eigenvalue weighted by Crippen LogP contribution is -2.44. The lowest BCUT2D eigenvalue weighted by molar-refractivity contribution is -0.122. The molecule has 1 aromatic carbocycles. The molecule has 1 amide bonds. The molecule has 1 aromatic rings. The van der Waals surface area contributed by atoms with Crippen molar-refractivity contribution >= 4 is 18.3 Å². The quantitative estimate of drug-likeness (QED) is 0.887. The first kappa shape index (κ1) is 16.2. The zero-order chi connectivity index (χ0) is 13.9. The summed E-state index contributed by atoms with van der Waals surface area (Å²) in [4.78, 5) is 11.9. The molecule has 0 radical (unpaired) electrons. The fraction of sp³-hybridized carbons (Fsp3) is 0.533. The lowest BCUT2D eigenvalue weighted by atomic mass is 10.1. The molecule has 3 unspecified atom stereocenters. The normalized spacial score (nSPS) is 27.6. The Balaban J connectivity index is 0.00000161. The van der Waals surface area contributed by atoms with Crippen molar-refractivity contribution in [3.8, 4) is 0 Å². The second kappa shape index (κ2) is 7.20. The molecular formula is C15H20ClFN2O2. The molecule has 6 heteroatoms. The molecule has 116 valence electrons. The molecular weight excluding hydrogens is 295 g/mol. The van der Waals surface area contributed by atoms with Gasteiger partial charge in [-0.25, -0.2) is 4.39 Å². The van der Waals surface area contributed by atoms with Gasteiger partial charge in [0.05, 0.1) is 13.2 Å². The van der Waals surface area contributed by atoms with E-state index in [0.29, 0.717) is 19.6 Å². The zero-order valence-corrected chi connectivity index (χ0v) is 12.5. The molecule has 1 saturated carbocycles. The Kier molecular flexibility index (Phi) is 5.56. The summed E-state index contributed by atoms with van der Waals surface area (Å²) in [5.74, 6) is 0.0742. The summed E-state index contributed by atoms with van der Waals surface area (Å²) in [7, 11) is 0. The highest BCUT2D eigenvalue weighted by Gasteiger charge is 2.39. The van der Waals surface area contributed by atoms with Crippen LogP contribution in [0.25, 0.3) is 0 Å². The molecule has 1 aliphatic carbocycles. The van der Waals surface area contributed by atoms with Crippen LogP contribution in [0.15, 0.2) is 24.3 Å². The summed E-state index contributed by atoms with van der Waals surface area (Å²) in [6.45, 7) is 2.10.